The zero-order valence-electron chi connectivity index (χ0n) is 18.3. The van der Waals surface area contributed by atoms with Gasteiger partial charge < -0.3 is 5.32 Å². The van der Waals surface area contributed by atoms with E-state index in [-0.39, 0.29) is 11.5 Å². The normalized spacial score (nSPS) is 12.1. The van der Waals surface area contributed by atoms with Crippen LogP contribution in [0.25, 0.3) is 0 Å². The molecule has 1 N–H and O–H groups in total. The number of rotatable bonds is 8. The van der Waals surface area contributed by atoms with Crippen LogP contribution in [0, 0.1) is 6.92 Å². The van der Waals surface area contributed by atoms with E-state index >= 15 is 0 Å². The third-order valence-electron chi connectivity index (χ3n) is 5.17. The summed E-state index contributed by atoms with van der Waals surface area (Å²) in [5.74, 6) is -0.644. The highest BCUT2D eigenvalue weighted by Gasteiger charge is 2.24. The molecule has 3 rings (SSSR count). The Hall–Kier alpha value is -3.45. The highest BCUT2D eigenvalue weighted by atomic mass is 32.2. The summed E-state index contributed by atoms with van der Waals surface area (Å²) in [7, 11) is -3.77. The number of aryl methyl sites for hydroxylation is 1. The molecule has 0 saturated heterocycles. The second-order valence-electron chi connectivity index (χ2n) is 7.64. The molecule has 0 unspecified atom stereocenters. The molecule has 0 bridgehead atoms. The van der Waals surface area contributed by atoms with Crippen LogP contribution in [0.3, 0.4) is 0 Å². The molecule has 0 aromatic heterocycles. The number of hydrogen-bond acceptors (Lipinski definition) is 4. The van der Waals surface area contributed by atoms with Crippen LogP contribution in [0.4, 0.5) is 5.69 Å². The van der Waals surface area contributed by atoms with Crippen molar-refractivity contribution in [3.63, 3.8) is 0 Å². The van der Waals surface area contributed by atoms with Crippen molar-refractivity contribution < 1.29 is 18.0 Å². The van der Waals surface area contributed by atoms with Crippen molar-refractivity contribution in [2.24, 2.45) is 0 Å². The molecule has 0 fully saturated rings. The van der Waals surface area contributed by atoms with Crippen LogP contribution in [-0.2, 0) is 14.8 Å². The molecule has 0 aliphatic rings. The van der Waals surface area contributed by atoms with E-state index in [4.69, 9.17) is 0 Å². The van der Waals surface area contributed by atoms with Gasteiger partial charge in [-0.3, -0.25) is 13.9 Å². The third kappa shape index (κ3) is 5.62. The smallest absolute Gasteiger partial charge is 0.241 e. The van der Waals surface area contributed by atoms with E-state index in [1.54, 1.807) is 18.2 Å². The molecule has 0 spiro atoms. The second kappa shape index (κ2) is 9.78. The van der Waals surface area contributed by atoms with Crippen molar-refractivity contribution in [3.05, 3.63) is 101 Å². The van der Waals surface area contributed by atoms with E-state index in [2.05, 4.69) is 5.32 Å². The number of ketones is 1. The number of amides is 1. The lowest BCUT2D eigenvalue weighted by Crippen LogP contribution is -2.42. The Bertz CT molecular complexity index is 1220. The molecule has 6 nitrogen and oxygen atoms in total. The van der Waals surface area contributed by atoms with E-state index in [9.17, 15) is 18.0 Å². The standard InChI is InChI=1S/C25H26N2O4S/c1-18-10-7-8-15-23(18)25(20-11-5-4-6-12-20)26-24(29)17-27(32(3,30)31)22-14-9-13-21(16-22)19(2)28/h4-16,25H,17H2,1-3H3,(H,26,29)/t25-/m1/s1. The highest BCUT2D eigenvalue weighted by molar-refractivity contribution is 7.92. The zero-order chi connectivity index (χ0) is 23.3. The average molecular weight is 451 g/mol. The lowest BCUT2D eigenvalue weighted by Gasteiger charge is -2.25. The van der Waals surface area contributed by atoms with Gasteiger partial charge in [0.1, 0.15) is 6.54 Å². The molecule has 3 aromatic carbocycles. The highest BCUT2D eigenvalue weighted by Crippen LogP contribution is 2.25. The van der Waals surface area contributed by atoms with Gasteiger partial charge in [0.05, 0.1) is 18.0 Å². The quantitative estimate of drug-likeness (QED) is 0.528. The van der Waals surface area contributed by atoms with Gasteiger partial charge in [0, 0.05) is 5.56 Å². The molecule has 0 radical (unpaired) electrons. The van der Waals surface area contributed by atoms with E-state index in [0.717, 1.165) is 27.3 Å². The van der Waals surface area contributed by atoms with Crippen molar-refractivity contribution in [1.29, 1.82) is 0 Å². The molecule has 3 aromatic rings. The van der Waals surface area contributed by atoms with E-state index in [1.807, 2.05) is 61.5 Å². The molecule has 0 aliphatic carbocycles. The van der Waals surface area contributed by atoms with Crippen LogP contribution >= 0.6 is 0 Å². The Morgan fingerprint density at radius 3 is 2.22 bits per heavy atom. The van der Waals surface area contributed by atoms with Gasteiger partial charge in [-0.15, -0.1) is 0 Å². The van der Waals surface area contributed by atoms with E-state index in [1.165, 1.54) is 13.0 Å². The summed E-state index contributed by atoms with van der Waals surface area (Å²) in [6, 6.07) is 23.1. The van der Waals surface area contributed by atoms with Crippen LogP contribution < -0.4 is 9.62 Å². The molecule has 1 amide bonds. The monoisotopic (exact) mass is 450 g/mol. The number of sulfonamides is 1. The molecule has 32 heavy (non-hydrogen) atoms. The van der Waals surface area contributed by atoms with Gasteiger partial charge in [0.15, 0.2) is 5.78 Å². The fraction of sp³-hybridized carbons (Fsp3) is 0.200. The fourth-order valence-electron chi connectivity index (χ4n) is 3.51. The first kappa shape index (κ1) is 23.2. The van der Waals surface area contributed by atoms with Gasteiger partial charge in [-0.2, -0.15) is 0 Å². The van der Waals surface area contributed by atoms with Crippen molar-refractivity contribution in [1.82, 2.24) is 5.32 Å². The predicted molar refractivity (Wildman–Crippen MR) is 126 cm³/mol. The minimum Gasteiger partial charge on any atom is -0.344 e. The molecule has 166 valence electrons. The van der Waals surface area contributed by atoms with Crippen molar-refractivity contribution >= 4 is 27.4 Å². The molecule has 7 heteroatoms. The van der Waals surface area contributed by atoms with Crippen LogP contribution in [0.2, 0.25) is 0 Å². The summed E-state index contributed by atoms with van der Waals surface area (Å²) >= 11 is 0. The molecular formula is C25H26N2O4S. The summed E-state index contributed by atoms with van der Waals surface area (Å²) in [4.78, 5) is 24.8. The van der Waals surface area contributed by atoms with Crippen molar-refractivity contribution in [2.75, 3.05) is 17.1 Å². The molecule has 1 atom stereocenters. The van der Waals surface area contributed by atoms with Gasteiger partial charge >= 0.3 is 0 Å². The number of carbonyl (C=O) groups excluding carboxylic acids is 2. The SMILES string of the molecule is CC(=O)c1cccc(N(CC(=O)N[C@H](c2ccccc2)c2ccccc2C)S(C)(=O)=O)c1. The minimum atomic E-state index is -3.77. The fourth-order valence-corrected chi connectivity index (χ4v) is 4.36. The van der Waals surface area contributed by atoms with E-state index in [0.29, 0.717) is 5.56 Å². The summed E-state index contributed by atoms with van der Waals surface area (Å²) in [6.45, 7) is 2.96. The summed E-state index contributed by atoms with van der Waals surface area (Å²) in [5, 5.41) is 2.99. The van der Waals surface area contributed by atoms with Gasteiger partial charge in [-0.1, -0.05) is 66.7 Å². The number of nitrogens with zero attached hydrogens (tertiary/aromatic N) is 1. The lowest BCUT2D eigenvalue weighted by molar-refractivity contribution is -0.120. The molecular weight excluding hydrogens is 424 g/mol. The summed E-state index contributed by atoms with van der Waals surface area (Å²) in [5.41, 5.74) is 3.47. The van der Waals surface area contributed by atoms with Crippen LogP contribution in [0.5, 0.6) is 0 Å². The van der Waals surface area contributed by atoms with Crippen LogP contribution in [0.1, 0.15) is 40.0 Å². The number of benzene rings is 3. The minimum absolute atomic E-state index is 0.187. The number of nitrogens with one attached hydrogen (secondary N) is 1. The first-order valence-electron chi connectivity index (χ1n) is 10.2. The molecule has 0 heterocycles. The predicted octanol–water partition coefficient (Wildman–Crippen LogP) is 3.87. The number of anilines is 1. The number of carbonyl (C=O) groups is 2. The Morgan fingerprint density at radius 2 is 1.59 bits per heavy atom. The zero-order valence-corrected chi connectivity index (χ0v) is 19.1. The Labute approximate surface area is 188 Å². The number of hydrogen-bond donors (Lipinski definition) is 1. The lowest BCUT2D eigenvalue weighted by atomic mass is 9.95. The van der Waals surface area contributed by atoms with Gasteiger partial charge in [-0.05, 0) is 42.7 Å². The van der Waals surface area contributed by atoms with Crippen LogP contribution in [0.15, 0.2) is 78.9 Å². The Balaban J connectivity index is 1.92. The first-order chi connectivity index (χ1) is 15.2. The van der Waals surface area contributed by atoms with Gasteiger partial charge in [0.2, 0.25) is 15.9 Å². The first-order valence-corrected chi connectivity index (χ1v) is 12.0. The molecule has 0 saturated carbocycles. The Morgan fingerprint density at radius 1 is 0.938 bits per heavy atom. The summed E-state index contributed by atoms with van der Waals surface area (Å²) in [6.07, 6.45) is 1.04. The maximum Gasteiger partial charge on any atom is 0.241 e. The van der Waals surface area contributed by atoms with Gasteiger partial charge in [0.25, 0.3) is 0 Å². The van der Waals surface area contributed by atoms with Gasteiger partial charge in [-0.25, -0.2) is 8.42 Å². The maximum absolute atomic E-state index is 13.1. The Kier molecular flexibility index (Phi) is 7.10. The number of Topliss-reactive ketones (excluding diaryl/α,β-unsaturated/α-hetero) is 1. The summed E-state index contributed by atoms with van der Waals surface area (Å²) < 4.78 is 26.0. The third-order valence-corrected chi connectivity index (χ3v) is 6.31. The average Bonchev–Trinajstić information content (AvgIpc) is 2.76. The molecule has 0 aliphatic heterocycles. The topological polar surface area (TPSA) is 83.6 Å². The largest absolute Gasteiger partial charge is 0.344 e. The second-order valence-corrected chi connectivity index (χ2v) is 9.55. The van der Waals surface area contributed by atoms with E-state index < -0.39 is 28.5 Å². The maximum atomic E-state index is 13.1. The van der Waals surface area contributed by atoms with Crippen molar-refractivity contribution in [2.45, 2.75) is 19.9 Å². The van der Waals surface area contributed by atoms with Crippen molar-refractivity contribution in [3.8, 4) is 0 Å². The van der Waals surface area contributed by atoms with Crippen LogP contribution in [-0.4, -0.2) is 32.9 Å².